The van der Waals surface area contributed by atoms with Crippen LogP contribution in [0.25, 0.3) is 27.9 Å². The van der Waals surface area contributed by atoms with Gasteiger partial charge in [-0.1, -0.05) is 28.2 Å². The molecular weight excluding hydrogens is 318 g/mol. The number of nitrogens with two attached hydrogens (primary N) is 1. The Bertz CT molecular complexity index is 1070. The Morgan fingerprint density at radius 1 is 1.14 bits per heavy atom. The largest absolute Gasteiger partial charge is 0.346 e. The van der Waals surface area contributed by atoms with Crippen LogP contribution in [-0.4, -0.2) is 14.6 Å². The van der Waals surface area contributed by atoms with Crippen molar-refractivity contribution in [1.82, 2.24) is 14.6 Å². The van der Waals surface area contributed by atoms with Gasteiger partial charge in [-0.15, -0.1) is 9.77 Å². The van der Waals surface area contributed by atoms with Gasteiger partial charge in [0.15, 0.2) is 0 Å². The first-order chi connectivity index (χ1) is 10.6. The van der Waals surface area contributed by atoms with E-state index in [-0.39, 0.29) is 0 Å². The predicted octanol–water partition coefficient (Wildman–Crippen LogP) is 2.87. The van der Waals surface area contributed by atoms with Gasteiger partial charge in [0.25, 0.3) is 5.65 Å². The van der Waals surface area contributed by atoms with Crippen LogP contribution in [0.1, 0.15) is 0 Å². The average Bonchev–Trinajstić information content (AvgIpc) is 2.83. The summed E-state index contributed by atoms with van der Waals surface area (Å²) in [6.07, 6.45) is 0. The molecule has 2 aromatic heterocycles. The summed E-state index contributed by atoms with van der Waals surface area (Å²) < 4.78 is 3.68. The number of para-hydroxylation sites is 1. The zero-order valence-electron chi connectivity index (χ0n) is 11.3. The summed E-state index contributed by atoms with van der Waals surface area (Å²) in [6.45, 7) is 0. The second-order valence-corrected chi connectivity index (χ2v) is 5.73. The Morgan fingerprint density at radius 2 is 1.86 bits per heavy atom. The third kappa shape index (κ3) is 1.88. The standard InChI is InChI=1S/C15H10ClN5S/c16-10-7-5-9(6-8-10)13-18-12-4-2-1-3-11(12)14-20(17)15(22)19-21(13)14/h1-8H,17H2/p+1. The van der Waals surface area contributed by atoms with Crippen molar-refractivity contribution in [2.24, 2.45) is 0 Å². The molecule has 0 amide bonds. The second kappa shape index (κ2) is 4.79. The Morgan fingerprint density at radius 3 is 2.64 bits per heavy atom. The lowest BCUT2D eigenvalue weighted by molar-refractivity contribution is -0.618. The first-order valence-corrected chi connectivity index (χ1v) is 7.40. The molecule has 0 aliphatic heterocycles. The first kappa shape index (κ1) is 13.2. The molecule has 0 saturated carbocycles. The fourth-order valence-corrected chi connectivity index (χ4v) is 2.83. The summed E-state index contributed by atoms with van der Waals surface area (Å²) in [4.78, 5) is 4.73. The van der Waals surface area contributed by atoms with E-state index in [0.29, 0.717) is 9.79 Å². The topological polar surface area (TPSA) is 63.0 Å². The maximum atomic E-state index is 6.09. The highest BCUT2D eigenvalue weighted by Crippen LogP contribution is 2.24. The van der Waals surface area contributed by atoms with Crippen LogP contribution >= 0.6 is 23.8 Å². The summed E-state index contributed by atoms with van der Waals surface area (Å²) >= 11 is 11.2. The summed E-state index contributed by atoms with van der Waals surface area (Å²) in [5.74, 6) is 6.81. The SMILES string of the molecule is N[n+]1c(=S)[nH]n2c(-c3ccc(Cl)cc3)nc3ccccc3c21. The Kier molecular flexibility index (Phi) is 2.88. The Balaban J connectivity index is 2.19. The minimum atomic E-state index is 0.424. The number of H-pyrrole nitrogens is 1. The fraction of sp³-hybridized carbons (Fsp3) is 0. The zero-order valence-corrected chi connectivity index (χ0v) is 12.9. The molecule has 4 aromatic rings. The fourth-order valence-electron chi connectivity index (χ4n) is 2.53. The second-order valence-electron chi connectivity index (χ2n) is 4.91. The van der Waals surface area contributed by atoms with Gasteiger partial charge in [-0.2, -0.15) is 0 Å². The quantitative estimate of drug-likeness (QED) is 0.321. The van der Waals surface area contributed by atoms with Crippen LogP contribution in [0, 0.1) is 4.77 Å². The zero-order chi connectivity index (χ0) is 15.3. The summed E-state index contributed by atoms with van der Waals surface area (Å²) in [6, 6.07) is 15.3. The number of hydrogen-bond donors (Lipinski definition) is 2. The van der Waals surface area contributed by atoms with Gasteiger partial charge in [0.2, 0.25) is 5.82 Å². The highest BCUT2D eigenvalue weighted by atomic mass is 35.5. The summed E-state index contributed by atoms with van der Waals surface area (Å²) in [5, 5.41) is 4.68. The highest BCUT2D eigenvalue weighted by Gasteiger charge is 2.20. The number of halogens is 1. The molecule has 2 aromatic carbocycles. The van der Waals surface area contributed by atoms with Crippen LogP contribution < -0.4 is 10.5 Å². The van der Waals surface area contributed by atoms with E-state index in [1.807, 2.05) is 48.5 Å². The van der Waals surface area contributed by atoms with E-state index < -0.39 is 0 Å². The smallest absolute Gasteiger partial charge is 0.288 e. The van der Waals surface area contributed by atoms with Gasteiger partial charge in [0.1, 0.15) is 0 Å². The molecule has 0 aliphatic carbocycles. The van der Waals surface area contributed by atoms with Crippen molar-refractivity contribution < 1.29 is 4.68 Å². The van der Waals surface area contributed by atoms with Crippen LogP contribution in [-0.2, 0) is 0 Å². The third-order valence-corrected chi connectivity index (χ3v) is 4.09. The van der Waals surface area contributed by atoms with E-state index >= 15 is 0 Å². The van der Waals surface area contributed by atoms with E-state index in [0.717, 1.165) is 27.9 Å². The number of rotatable bonds is 1. The van der Waals surface area contributed by atoms with E-state index in [1.165, 1.54) is 4.68 Å². The molecule has 0 fully saturated rings. The van der Waals surface area contributed by atoms with Gasteiger partial charge in [-0.3, -0.25) is 5.84 Å². The molecule has 0 unspecified atom stereocenters. The summed E-state index contributed by atoms with van der Waals surface area (Å²) in [5.41, 5.74) is 2.53. The molecule has 0 spiro atoms. The van der Waals surface area contributed by atoms with Crippen LogP contribution in [0.15, 0.2) is 48.5 Å². The van der Waals surface area contributed by atoms with Gasteiger partial charge in [0, 0.05) is 22.8 Å². The van der Waals surface area contributed by atoms with E-state index in [1.54, 1.807) is 4.52 Å². The molecule has 0 aliphatic rings. The lowest BCUT2D eigenvalue weighted by Gasteiger charge is -2.03. The van der Waals surface area contributed by atoms with Gasteiger partial charge < -0.3 is 0 Å². The lowest BCUT2D eigenvalue weighted by atomic mass is 10.2. The molecular formula is C15H11ClN5S+. The molecule has 2 heterocycles. The Labute approximate surface area is 135 Å². The molecule has 7 heteroatoms. The molecule has 0 bridgehead atoms. The van der Waals surface area contributed by atoms with E-state index in [9.17, 15) is 0 Å². The van der Waals surface area contributed by atoms with Crippen molar-refractivity contribution in [3.63, 3.8) is 0 Å². The number of fused-ring (bicyclic) bond motifs is 3. The number of aromatic amines is 1. The van der Waals surface area contributed by atoms with E-state index in [4.69, 9.17) is 34.6 Å². The first-order valence-electron chi connectivity index (χ1n) is 6.62. The number of hydrogen-bond acceptors (Lipinski definition) is 3. The normalized spacial score (nSPS) is 11.3. The molecule has 4 rings (SSSR count). The number of nitrogens with one attached hydrogen (secondary N) is 1. The molecule has 22 heavy (non-hydrogen) atoms. The van der Waals surface area contributed by atoms with Crippen LogP contribution in [0.5, 0.6) is 0 Å². The molecule has 3 N–H and O–H groups in total. The van der Waals surface area contributed by atoms with Crippen molar-refractivity contribution in [3.8, 4) is 11.4 Å². The molecule has 0 atom stereocenters. The number of nitrogen functional groups attached to an aromatic ring is 1. The molecule has 5 nitrogen and oxygen atoms in total. The Hall–Kier alpha value is -2.44. The van der Waals surface area contributed by atoms with Crippen molar-refractivity contribution in [3.05, 3.63) is 58.3 Å². The monoisotopic (exact) mass is 328 g/mol. The molecule has 0 saturated heterocycles. The predicted molar refractivity (Wildman–Crippen MR) is 88.7 cm³/mol. The van der Waals surface area contributed by atoms with Gasteiger partial charge in [0.05, 0.1) is 10.9 Å². The lowest BCUT2D eigenvalue weighted by Crippen LogP contribution is -2.44. The maximum absolute atomic E-state index is 6.09. The summed E-state index contributed by atoms with van der Waals surface area (Å²) in [7, 11) is 0. The van der Waals surface area contributed by atoms with Crippen molar-refractivity contribution >= 4 is 40.4 Å². The van der Waals surface area contributed by atoms with Crippen LogP contribution in [0.3, 0.4) is 0 Å². The maximum Gasteiger partial charge on any atom is 0.346 e. The number of nitrogens with zero attached hydrogens (tertiary/aromatic N) is 3. The van der Waals surface area contributed by atoms with Gasteiger partial charge >= 0.3 is 4.77 Å². The van der Waals surface area contributed by atoms with Gasteiger partial charge in [-0.25, -0.2) is 4.98 Å². The van der Waals surface area contributed by atoms with Gasteiger partial charge in [-0.05, 0) is 36.4 Å². The number of benzene rings is 2. The average molecular weight is 329 g/mol. The van der Waals surface area contributed by atoms with E-state index in [2.05, 4.69) is 5.10 Å². The number of aromatic nitrogens is 4. The van der Waals surface area contributed by atoms with Crippen LogP contribution in [0.2, 0.25) is 5.02 Å². The van der Waals surface area contributed by atoms with Crippen LogP contribution in [0.4, 0.5) is 0 Å². The van der Waals surface area contributed by atoms with Crippen molar-refractivity contribution in [2.45, 2.75) is 0 Å². The van der Waals surface area contributed by atoms with Crippen molar-refractivity contribution in [1.29, 1.82) is 0 Å². The molecule has 0 radical (unpaired) electrons. The minimum Gasteiger partial charge on any atom is -0.288 e. The van der Waals surface area contributed by atoms with Crippen molar-refractivity contribution in [2.75, 3.05) is 5.84 Å². The third-order valence-electron chi connectivity index (χ3n) is 3.55. The minimum absolute atomic E-state index is 0.424. The molecule has 108 valence electrons. The highest BCUT2D eigenvalue weighted by molar-refractivity contribution is 7.71.